The molecule has 1 N–H and O–H groups in total. The minimum absolute atomic E-state index is 0.120. The molecule has 178 valence electrons. The number of alkyl halides is 2. The zero-order valence-electron chi connectivity index (χ0n) is 18.0. The minimum atomic E-state index is -3.40. The van der Waals surface area contributed by atoms with Crippen LogP contribution < -0.4 is 0 Å². The number of ether oxygens (including phenoxy) is 1. The number of sulfone groups is 1. The topological polar surface area (TPSA) is 81.4 Å². The van der Waals surface area contributed by atoms with E-state index in [0.29, 0.717) is 28.8 Å². The van der Waals surface area contributed by atoms with Crippen LogP contribution in [0.4, 0.5) is 13.2 Å². The van der Waals surface area contributed by atoms with Crippen molar-refractivity contribution in [3.05, 3.63) is 72.0 Å². The normalized spacial score (nSPS) is 22.3. The first-order chi connectivity index (χ1) is 16.1. The molecule has 3 atom stereocenters. The fourth-order valence-electron chi connectivity index (χ4n) is 4.81. The number of nitrogens with zero attached hydrogens (tertiary/aromatic N) is 2. The predicted molar refractivity (Wildman–Crippen MR) is 119 cm³/mol. The third kappa shape index (κ3) is 3.90. The Morgan fingerprint density at radius 2 is 1.94 bits per heavy atom. The van der Waals surface area contributed by atoms with Gasteiger partial charge < -0.3 is 14.4 Å². The summed E-state index contributed by atoms with van der Waals surface area (Å²) in [6.07, 6.45) is 5.86. The average molecular weight is 491 g/mol. The van der Waals surface area contributed by atoms with Gasteiger partial charge in [-0.05, 0) is 36.3 Å². The Bertz CT molecular complexity index is 1430. The molecular weight excluding hydrogens is 469 g/mol. The molecule has 6 nitrogen and oxygen atoms in total. The molecule has 1 aliphatic heterocycles. The monoisotopic (exact) mass is 490 g/mol. The number of aromatic nitrogens is 2. The van der Waals surface area contributed by atoms with E-state index in [0.717, 1.165) is 6.26 Å². The molecule has 2 aliphatic rings. The number of hydrogen-bond donors (Lipinski definition) is 1. The van der Waals surface area contributed by atoms with Crippen LogP contribution >= 0.6 is 0 Å². The van der Waals surface area contributed by atoms with Crippen LogP contribution in [-0.4, -0.2) is 35.9 Å². The second kappa shape index (κ2) is 8.28. The Balaban J connectivity index is 1.60. The molecule has 0 fully saturated rings. The van der Waals surface area contributed by atoms with Crippen LogP contribution in [0.5, 0.6) is 0 Å². The summed E-state index contributed by atoms with van der Waals surface area (Å²) in [5.74, 6) is -0.530. The Morgan fingerprint density at radius 1 is 1.21 bits per heavy atom. The second-order valence-corrected chi connectivity index (χ2v) is 10.5. The van der Waals surface area contributed by atoms with Crippen molar-refractivity contribution >= 4 is 20.9 Å². The van der Waals surface area contributed by atoms with Gasteiger partial charge >= 0.3 is 6.61 Å². The Kier molecular flexibility index (Phi) is 5.52. The largest absolute Gasteiger partial charge is 0.439 e. The molecule has 0 spiro atoms. The van der Waals surface area contributed by atoms with Crippen molar-refractivity contribution in [1.29, 1.82) is 0 Å². The first kappa shape index (κ1) is 22.7. The van der Waals surface area contributed by atoms with Gasteiger partial charge in [-0.1, -0.05) is 24.3 Å². The number of aliphatic hydroxyl groups excluding tert-OH is 1. The highest BCUT2D eigenvalue weighted by molar-refractivity contribution is 7.90. The molecule has 1 aliphatic carbocycles. The van der Waals surface area contributed by atoms with Gasteiger partial charge in [0.1, 0.15) is 23.5 Å². The highest BCUT2D eigenvalue weighted by Gasteiger charge is 2.40. The van der Waals surface area contributed by atoms with Crippen molar-refractivity contribution in [2.24, 2.45) is 5.92 Å². The van der Waals surface area contributed by atoms with E-state index < -0.39 is 40.3 Å². The standard InChI is InChI=1S/C24H21F3N2O4S/c1-34(31,32)14-8-6-13(7-9-14)16-10-20-18(11-17(16)25)28-23-21(30)12-19(29(20)23)15-4-2-3-5-22(15)33-24(26)27/h2-3,5-11,15,19,21,24,30H,4,12H2,1H3. The van der Waals surface area contributed by atoms with Crippen LogP contribution in [-0.2, 0) is 14.6 Å². The summed E-state index contributed by atoms with van der Waals surface area (Å²) in [6, 6.07) is 8.31. The summed E-state index contributed by atoms with van der Waals surface area (Å²) >= 11 is 0. The van der Waals surface area contributed by atoms with Gasteiger partial charge in [0, 0.05) is 36.3 Å². The minimum Gasteiger partial charge on any atom is -0.439 e. The molecule has 3 aromatic rings. The number of fused-ring (bicyclic) bond motifs is 3. The van der Waals surface area contributed by atoms with E-state index in [4.69, 9.17) is 4.74 Å². The molecule has 10 heteroatoms. The molecule has 0 radical (unpaired) electrons. The number of hydrogen-bond acceptors (Lipinski definition) is 5. The molecule has 0 bridgehead atoms. The quantitative estimate of drug-likeness (QED) is 0.549. The van der Waals surface area contributed by atoms with Gasteiger partial charge in [0.15, 0.2) is 9.84 Å². The molecular formula is C24H21F3N2O4S. The van der Waals surface area contributed by atoms with E-state index in [1.165, 1.54) is 36.4 Å². The van der Waals surface area contributed by atoms with Crippen LogP contribution in [0.3, 0.4) is 0 Å². The highest BCUT2D eigenvalue weighted by Crippen LogP contribution is 2.46. The number of aliphatic hydroxyl groups is 1. The van der Waals surface area contributed by atoms with Gasteiger partial charge in [0.25, 0.3) is 0 Å². The summed E-state index contributed by atoms with van der Waals surface area (Å²) in [4.78, 5) is 4.53. The number of halogens is 3. The van der Waals surface area contributed by atoms with E-state index in [-0.39, 0.29) is 22.6 Å². The third-order valence-corrected chi connectivity index (χ3v) is 7.46. The van der Waals surface area contributed by atoms with Crippen molar-refractivity contribution in [2.45, 2.75) is 36.5 Å². The Morgan fingerprint density at radius 3 is 2.62 bits per heavy atom. The number of imidazole rings is 1. The lowest BCUT2D eigenvalue weighted by Gasteiger charge is -2.28. The van der Waals surface area contributed by atoms with Crippen molar-refractivity contribution in [3.63, 3.8) is 0 Å². The van der Waals surface area contributed by atoms with Crippen molar-refractivity contribution in [3.8, 4) is 11.1 Å². The van der Waals surface area contributed by atoms with E-state index in [1.807, 2.05) is 6.08 Å². The fraction of sp³-hybridized carbons (Fsp3) is 0.292. The SMILES string of the molecule is CS(=O)(=O)c1ccc(-c2cc3c(cc2F)nc2n3C(C3CC=CC=C3OC(F)F)CC2O)cc1. The van der Waals surface area contributed by atoms with Gasteiger partial charge in [-0.15, -0.1) is 0 Å². The van der Waals surface area contributed by atoms with Crippen LogP contribution in [0.2, 0.25) is 0 Å². The smallest absolute Gasteiger partial charge is 0.387 e. The lowest BCUT2D eigenvalue weighted by Crippen LogP contribution is -2.22. The summed E-state index contributed by atoms with van der Waals surface area (Å²) in [5.41, 5.74) is 1.59. The fourth-order valence-corrected chi connectivity index (χ4v) is 5.44. The number of benzene rings is 2. The molecule has 0 saturated carbocycles. The van der Waals surface area contributed by atoms with Gasteiger partial charge in [-0.25, -0.2) is 17.8 Å². The Hall–Kier alpha value is -3.11. The third-order valence-electron chi connectivity index (χ3n) is 6.34. The van der Waals surface area contributed by atoms with Gasteiger partial charge in [-0.2, -0.15) is 8.78 Å². The zero-order chi connectivity index (χ0) is 24.2. The lowest BCUT2D eigenvalue weighted by molar-refractivity contribution is -0.107. The summed E-state index contributed by atoms with van der Waals surface area (Å²) < 4.78 is 71.0. The maximum Gasteiger partial charge on any atom is 0.387 e. The molecule has 5 rings (SSSR count). The molecule has 0 saturated heterocycles. The maximum absolute atomic E-state index is 15.0. The second-order valence-electron chi connectivity index (χ2n) is 8.49. The van der Waals surface area contributed by atoms with Gasteiger partial charge in [0.05, 0.1) is 15.9 Å². The first-order valence-electron chi connectivity index (χ1n) is 10.6. The molecule has 2 heterocycles. The lowest BCUT2D eigenvalue weighted by atomic mass is 9.88. The van der Waals surface area contributed by atoms with Crippen molar-refractivity contribution < 1.29 is 31.4 Å². The average Bonchev–Trinajstić information content (AvgIpc) is 3.29. The van der Waals surface area contributed by atoms with E-state index in [9.17, 15) is 22.3 Å². The Labute approximate surface area is 193 Å². The van der Waals surface area contributed by atoms with E-state index >= 15 is 4.39 Å². The van der Waals surface area contributed by atoms with E-state index in [2.05, 4.69) is 4.98 Å². The van der Waals surface area contributed by atoms with Crippen molar-refractivity contribution in [2.75, 3.05) is 6.26 Å². The summed E-state index contributed by atoms with van der Waals surface area (Å²) in [6.45, 7) is -2.97. The van der Waals surface area contributed by atoms with Gasteiger partial charge in [-0.3, -0.25) is 0 Å². The molecule has 34 heavy (non-hydrogen) atoms. The number of allylic oxidation sites excluding steroid dienone is 4. The maximum atomic E-state index is 15.0. The summed E-state index contributed by atoms with van der Waals surface area (Å²) in [5, 5.41) is 10.7. The number of rotatable bonds is 5. The molecule has 3 unspecified atom stereocenters. The predicted octanol–water partition coefficient (Wildman–Crippen LogP) is 4.92. The molecule has 2 aromatic carbocycles. The van der Waals surface area contributed by atoms with Crippen LogP contribution in [0.25, 0.3) is 22.2 Å². The molecule has 1 aromatic heterocycles. The van der Waals surface area contributed by atoms with E-state index in [1.54, 1.807) is 16.7 Å². The molecule has 0 amide bonds. The van der Waals surface area contributed by atoms with Gasteiger partial charge in [0.2, 0.25) is 0 Å². The van der Waals surface area contributed by atoms with Crippen LogP contribution in [0, 0.1) is 11.7 Å². The highest BCUT2D eigenvalue weighted by atomic mass is 32.2. The van der Waals surface area contributed by atoms with Crippen LogP contribution in [0.1, 0.15) is 30.8 Å². The summed E-state index contributed by atoms with van der Waals surface area (Å²) in [7, 11) is -3.40. The van der Waals surface area contributed by atoms with Crippen LogP contribution in [0.15, 0.2) is 65.3 Å². The van der Waals surface area contributed by atoms with Crippen molar-refractivity contribution in [1.82, 2.24) is 9.55 Å². The zero-order valence-corrected chi connectivity index (χ0v) is 18.8. The first-order valence-corrected chi connectivity index (χ1v) is 12.5.